The molecule has 2 aromatic rings. The zero-order valence-electron chi connectivity index (χ0n) is 20.4. The first-order chi connectivity index (χ1) is 16.4. The second-order valence-corrected chi connectivity index (χ2v) is 10.0. The Morgan fingerprint density at radius 3 is 2.53 bits per heavy atom. The van der Waals surface area contributed by atoms with Crippen molar-refractivity contribution < 1.29 is 14.7 Å². The molecule has 2 N–H and O–H groups in total. The maximum atomic E-state index is 13.1. The molecule has 1 atom stereocenters. The number of hydrogen-bond acceptors (Lipinski definition) is 4. The number of nitrogens with zero attached hydrogens (tertiary/aromatic N) is 1. The van der Waals surface area contributed by atoms with Crippen LogP contribution >= 0.6 is 12.6 Å². The van der Waals surface area contributed by atoms with Crippen molar-refractivity contribution >= 4 is 24.5 Å². The van der Waals surface area contributed by atoms with Crippen LogP contribution in [0.3, 0.4) is 0 Å². The Balaban J connectivity index is 1.80. The average molecular weight is 483 g/mol. The van der Waals surface area contributed by atoms with Crippen LogP contribution in [0.1, 0.15) is 66.4 Å². The fourth-order valence-electron chi connectivity index (χ4n) is 4.88. The summed E-state index contributed by atoms with van der Waals surface area (Å²) in [5.74, 6) is -0.182. The highest BCUT2D eigenvalue weighted by Crippen LogP contribution is 2.29. The SMILES string of the molecule is Cc1ccccc1-c1cc(CN(C)CCC2CCCCC2)ccc1C(=O)N[C@@H](CCS)C(=O)O. The summed E-state index contributed by atoms with van der Waals surface area (Å²) in [4.78, 5) is 27.1. The molecule has 6 heteroatoms. The van der Waals surface area contributed by atoms with E-state index in [9.17, 15) is 14.7 Å². The number of amides is 1. The van der Waals surface area contributed by atoms with Gasteiger partial charge >= 0.3 is 5.97 Å². The first kappa shape index (κ1) is 26.3. The number of aliphatic carboxylic acids is 1. The fourth-order valence-corrected chi connectivity index (χ4v) is 5.14. The minimum Gasteiger partial charge on any atom is -0.480 e. The first-order valence-electron chi connectivity index (χ1n) is 12.4. The zero-order valence-corrected chi connectivity index (χ0v) is 21.3. The Kier molecular flexibility index (Phi) is 10.0. The molecule has 1 aliphatic rings. The lowest BCUT2D eigenvalue weighted by atomic mass is 9.87. The number of benzene rings is 2. The van der Waals surface area contributed by atoms with Gasteiger partial charge in [0.05, 0.1) is 0 Å². The molecule has 0 radical (unpaired) electrons. The topological polar surface area (TPSA) is 69.6 Å². The fraction of sp³-hybridized carbons (Fsp3) is 0.500. The summed E-state index contributed by atoms with van der Waals surface area (Å²) < 4.78 is 0. The number of thiol groups is 1. The molecular formula is C28H38N2O3S. The quantitative estimate of drug-likeness (QED) is 0.366. The minimum atomic E-state index is -1.05. The summed E-state index contributed by atoms with van der Waals surface area (Å²) >= 11 is 4.13. The van der Waals surface area contributed by atoms with Gasteiger partial charge in [-0.3, -0.25) is 4.79 Å². The highest BCUT2D eigenvalue weighted by molar-refractivity contribution is 7.80. The molecule has 0 unspecified atom stereocenters. The molecule has 34 heavy (non-hydrogen) atoms. The Morgan fingerprint density at radius 1 is 1.12 bits per heavy atom. The van der Waals surface area contributed by atoms with Crippen LogP contribution in [-0.4, -0.2) is 47.3 Å². The Morgan fingerprint density at radius 2 is 1.85 bits per heavy atom. The molecule has 1 saturated carbocycles. The largest absolute Gasteiger partial charge is 0.480 e. The average Bonchev–Trinajstić information content (AvgIpc) is 2.83. The molecule has 0 bridgehead atoms. The van der Waals surface area contributed by atoms with Crippen molar-refractivity contribution in [3.8, 4) is 11.1 Å². The van der Waals surface area contributed by atoms with Crippen molar-refractivity contribution in [1.82, 2.24) is 10.2 Å². The molecule has 0 aliphatic heterocycles. The van der Waals surface area contributed by atoms with Gasteiger partial charge in [0.25, 0.3) is 5.91 Å². The van der Waals surface area contributed by atoms with Gasteiger partial charge in [0.15, 0.2) is 0 Å². The zero-order chi connectivity index (χ0) is 24.5. The monoisotopic (exact) mass is 482 g/mol. The molecule has 0 saturated heterocycles. The number of nitrogens with one attached hydrogen (secondary N) is 1. The van der Waals surface area contributed by atoms with Crippen molar-refractivity contribution in [2.75, 3.05) is 19.3 Å². The van der Waals surface area contributed by atoms with E-state index in [0.29, 0.717) is 11.3 Å². The van der Waals surface area contributed by atoms with E-state index in [1.54, 1.807) is 0 Å². The summed E-state index contributed by atoms with van der Waals surface area (Å²) in [5, 5.41) is 12.1. The van der Waals surface area contributed by atoms with Gasteiger partial charge in [-0.15, -0.1) is 0 Å². The lowest BCUT2D eigenvalue weighted by Crippen LogP contribution is -2.41. The van der Waals surface area contributed by atoms with E-state index in [-0.39, 0.29) is 12.3 Å². The van der Waals surface area contributed by atoms with Gasteiger partial charge in [-0.25, -0.2) is 4.79 Å². The van der Waals surface area contributed by atoms with Gasteiger partial charge in [-0.05, 0) is 79.4 Å². The lowest BCUT2D eigenvalue weighted by molar-refractivity contribution is -0.139. The van der Waals surface area contributed by atoms with Crippen LogP contribution in [0.5, 0.6) is 0 Å². The van der Waals surface area contributed by atoms with Crippen LogP contribution in [0.2, 0.25) is 0 Å². The van der Waals surface area contributed by atoms with Crippen LogP contribution in [0.25, 0.3) is 11.1 Å². The molecule has 1 amide bonds. The van der Waals surface area contributed by atoms with E-state index in [0.717, 1.165) is 41.3 Å². The van der Waals surface area contributed by atoms with E-state index < -0.39 is 12.0 Å². The van der Waals surface area contributed by atoms with Crippen molar-refractivity contribution in [3.05, 3.63) is 59.2 Å². The van der Waals surface area contributed by atoms with Crippen molar-refractivity contribution in [2.45, 2.75) is 64.5 Å². The van der Waals surface area contributed by atoms with Crippen LogP contribution in [0, 0.1) is 12.8 Å². The van der Waals surface area contributed by atoms with E-state index in [1.165, 1.54) is 38.5 Å². The van der Waals surface area contributed by atoms with Crippen molar-refractivity contribution in [1.29, 1.82) is 0 Å². The van der Waals surface area contributed by atoms with E-state index in [1.807, 2.05) is 43.3 Å². The van der Waals surface area contributed by atoms with Crippen molar-refractivity contribution in [3.63, 3.8) is 0 Å². The van der Waals surface area contributed by atoms with Crippen LogP contribution < -0.4 is 5.32 Å². The van der Waals surface area contributed by atoms with E-state index in [4.69, 9.17) is 0 Å². The number of carboxylic acid groups (broad SMARTS) is 1. The third kappa shape index (κ3) is 7.34. The maximum absolute atomic E-state index is 13.1. The molecule has 0 heterocycles. The maximum Gasteiger partial charge on any atom is 0.326 e. The summed E-state index contributed by atoms with van der Waals surface area (Å²) in [6, 6.07) is 12.9. The molecule has 0 aromatic heterocycles. The van der Waals surface area contributed by atoms with Gasteiger partial charge in [0, 0.05) is 12.1 Å². The van der Waals surface area contributed by atoms with E-state index >= 15 is 0 Å². The van der Waals surface area contributed by atoms with Gasteiger partial charge in [-0.1, -0.05) is 62.4 Å². The third-order valence-corrected chi connectivity index (χ3v) is 7.14. The van der Waals surface area contributed by atoms with Crippen molar-refractivity contribution in [2.24, 2.45) is 5.92 Å². The Hall–Kier alpha value is -2.31. The molecule has 1 fully saturated rings. The molecular weight excluding hydrogens is 444 g/mol. The second kappa shape index (κ2) is 13.0. The van der Waals surface area contributed by atoms with Gasteiger partial charge < -0.3 is 15.3 Å². The van der Waals surface area contributed by atoms with E-state index in [2.05, 4.69) is 36.0 Å². The summed E-state index contributed by atoms with van der Waals surface area (Å²) in [6.07, 6.45) is 8.36. The van der Waals surface area contributed by atoms with Crippen LogP contribution in [0.4, 0.5) is 0 Å². The number of aryl methyl sites for hydroxylation is 1. The highest BCUT2D eigenvalue weighted by Gasteiger charge is 2.22. The number of hydrogen-bond donors (Lipinski definition) is 3. The molecule has 0 spiro atoms. The van der Waals surface area contributed by atoms with Gasteiger partial charge in [-0.2, -0.15) is 12.6 Å². The number of carboxylic acids is 1. The smallest absolute Gasteiger partial charge is 0.326 e. The number of carbonyl (C=O) groups excluding carboxylic acids is 1. The predicted molar refractivity (Wildman–Crippen MR) is 142 cm³/mol. The highest BCUT2D eigenvalue weighted by atomic mass is 32.1. The Labute approximate surface area is 209 Å². The minimum absolute atomic E-state index is 0.272. The summed E-state index contributed by atoms with van der Waals surface area (Å²) in [7, 11) is 2.16. The molecule has 184 valence electrons. The molecule has 2 aromatic carbocycles. The molecule has 5 nitrogen and oxygen atoms in total. The lowest BCUT2D eigenvalue weighted by Gasteiger charge is -2.25. The number of rotatable bonds is 11. The van der Waals surface area contributed by atoms with Gasteiger partial charge in [0.2, 0.25) is 0 Å². The summed E-state index contributed by atoms with van der Waals surface area (Å²) in [6.45, 7) is 3.91. The van der Waals surface area contributed by atoms with Crippen LogP contribution in [0.15, 0.2) is 42.5 Å². The van der Waals surface area contributed by atoms with Gasteiger partial charge in [0.1, 0.15) is 6.04 Å². The number of carbonyl (C=O) groups is 2. The normalized spacial score (nSPS) is 15.3. The third-order valence-electron chi connectivity index (χ3n) is 6.88. The second-order valence-electron chi connectivity index (χ2n) is 9.60. The summed E-state index contributed by atoms with van der Waals surface area (Å²) in [5.41, 5.74) is 4.54. The van der Waals surface area contributed by atoms with Crippen LogP contribution in [-0.2, 0) is 11.3 Å². The molecule has 1 aliphatic carbocycles. The molecule has 3 rings (SSSR count). The predicted octanol–water partition coefficient (Wildman–Crippen LogP) is 5.57. The Bertz CT molecular complexity index is 972. The standard InChI is InChI=1S/C28H38N2O3S/c1-20-8-6-7-11-23(20)25-18-22(19-30(2)16-14-21-9-4-3-5-10-21)12-13-24(25)27(31)29-26(15-17-34)28(32)33/h6-8,11-13,18,21,26,34H,3-5,9-10,14-17,19H2,1-2H3,(H,29,31)(H,32,33)/t26-/m0/s1. The first-order valence-corrected chi connectivity index (χ1v) is 13.0.